The van der Waals surface area contributed by atoms with E-state index in [4.69, 9.17) is 0 Å². The lowest BCUT2D eigenvalue weighted by Crippen LogP contribution is -2.13. The van der Waals surface area contributed by atoms with Crippen molar-refractivity contribution in [3.05, 3.63) is 60.3 Å². The van der Waals surface area contributed by atoms with Crippen LogP contribution in [0.4, 0.5) is 13.9 Å². The molecule has 4 aromatic rings. The summed E-state index contributed by atoms with van der Waals surface area (Å²) < 4.78 is 26.9. The first-order valence-corrected chi connectivity index (χ1v) is 9.67. The molecular weight excluding hydrogens is 390 g/mol. The van der Waals surface area contributed by atoms with Crippen LogP contribution in [0, 0.1) is 11.6 Å². The molecule has 136 valence electrons. The Morgan fingerprint density at radius 2 is 1.93 bits per heavy atom. The van der Waals surface area contributed by atoms with Gasteiger partial charge in [-0.3, -0.25) is 4.79 Å². The number of hydrogen-bond donors (Lipinski definition) is 2. The zero-order chi connectivity index (χ0) is 18.8. The van der Waals surface area contributed by atoms with Crippen molar-refractivity contribution < 1.29 is 13.6 Å². The van der Waals surface area contributed by atoms with Crippen LogP contribution in [0.3, 0.4) is 0 Å². The van der Waals surface area contributed by atoms with Crippen molar-refractivity contribution >= 4 is 44.4 Å². The molecule has 27 heavy (non-hydrogen) atoms. The predicted molar refractivity (Wildman–Crippen MR) is 103 cm³/mol. The molecule has 0 atom stereocenters. The lowest BCUT2D eigenvalue weighted by molar-refractivity contribution is -0.113. The van der Waals surface area contributed by atoms with Gasteiger partial charge in [0.2, 0.25) is 5.91 Å². The third-order valence-electron chi connectivity index (χ3n) is 3.64. The average Bonchev–Trinajstić information content (AvgIpc) is 3.26. The summed E-state index contributed by atoms with van der Waals surface area (Å²) >= 11 is 2.46. The molecule has 2 aromatic heterocycles. The van der Waals surface area contributed by atoms with E-state index >= 15 is 0 Å². The molecule has 5 nitrogen and oxygen atoms in total. The molecule has 0 saturated carbocycles. The second-order valence-electron chi connectivity index (χ2n) is 5.58. The van der Waals surface area contributed by atoms with Gasteiger partial charge in [-0.15, -0.1) is 0 Å². The van der Waals surface area contributed by atoms with Crippen LogP contribution in [0.1, 0.15) is 0 Å². The molecular formula is C18H12F2N4OS2. The van der Waals surface area contributed by atoms with Crippen molar-refractivity contribution in [3.8, 4) is 11.3 Å². The largest absolute Gasteiger partial charge is 0.333 e. The molecule has 0 fully saturated rings. The highest BCUT2D eigenvalue weighted by Gasteiger charge is 2.11. The second-order valence-corrected chi connectivity index (χ2v) is 7.57. The Kier molecular flexibility index (Phi) is 4.87. The summed E-state index contributed by atoms with van der Waals surface area (Å²) in [5.41, 5.74) is 2.19. The molecule has 0 aliphatic heterocycles. The van der Waals surface area contributed by atoms with Crippen molar-refractivity contribution in [1.82, 2.24) is 15.0 Å². The smallest absolute Gasteiger partial charge is 0.236 e. The quantitative estimate of drug-likeness (QED) is 0.475. The number of carbonyl (C=O) groups is 1. The molecule has 2 aromatic carbocycles. The summed E-state index contributed by atoms with van der Waals surface area (Å²) in [5, 5.41) is 3.71. The Morgan fingerprint density at radius 3 is 2.74 bits per heavy atom. The topological polar surface area (TPSA) is 70.7 Å². The number of nitrogens with one attached hydrogen (secondary N) is 2. The number of benzene rings is 2. The minimum atomic E-state index is -0.339. The van der Waals surface area contributed by atoms with Gasteiger partial charge in [-0.25, -0.2) is 18.7 Å². The van der Waals surface area contributed by atoms with E-state index in [1.807, 2.05) is 0 Å². The molecule has 0 aliphatic carbocycles. The Balaban J connectivity index is 1.36. The molecule has 0 bridgehead atoms. The van der Waals surface area contributed by atoms with Crippen LogP contribution in [0.5, 0.6) is 0 Å². The summed E-state index contributed by atoms with van der Waals surface area (Å²) in [7, 11) is 0. The summed E-state index contributed by atoms with van der Waals surface area (Å²) in [5.74, 6) is -0.739. The predicted octanol–water partition coefficient (Wildman–Crippen LogP) is 4.70. The molecule has 9 heteroatoms. The molecule has 0 spiro atoms. The molecule has 4 rings (SSSR count). The number of fused-ring (bicyclic) bond motifs is 1. The standard InChI is InChI=1S/C18H12F2N4OS2/c19-11-3-1-10(2-4-11)14-8-21-17(23-14)26-9-16(25)24-18-22-13-6-5-12(20)7-15(13)27-18/h1-8H,9H2,(H,21,23)(H,22,24,25). The van der Waals surface area contributed by atoms with Crippen LogP contribution >= 0.6 is 23.1 Å². The number of aromatic nitrogens is 3. The van der Waals surface area contributed by atoms with Gasteiger partial charge in [-0.1, -0.05) is 23.1 Å². The minimum absolute atomic E-state index is 0.140. The second kappa shape index (κ2) is 7.45. The molecule has 0 radical (unpaired) electrons. The fourth-order valence-electron chi connectivity index (χ4n) is 2.39. The SMILES string of the molecule is O=C(CSc1ncc(-c2ccc(F)cc2)[nH]1)Nc1nc2ccc(F)cc2s1. The first-order valence-electron chi connectivity index (χ1n) is 7.86. The maximum Gasteiger partial charge on any atom is 0.236 e. The molecule has 2 heterocycles. The first-order chi connectivity index (χ1) is 13.1. The van der Waals surface area contributed by atoms with E-state index in [2.05, 4.69) is 20.3 Å². The number of H-pyrrole nitrogens is 1. The molecule has 0 saturated heterocycles. The molecule has 0 aliphatic rings. The fourth-order valence-corrected chi connectivity index (χ4v) is 3.95. The van der Waals surface area contributed by atoms with Gasteiger partial charge in [0.15, 0.2) is 10.3 Å². The number of aromatic amines is 1. The summed E-state index contributed by atoms with van der Waals surface area (Å²) in [4.78, 5) is 23.7. The number of hydrogen-bond acceptors (Lipinski definition) is 5. The Bertz CT molecular complexity index is 1110. The van der Waals surface area contributed by atoms with Gasteiger partial charge >= 0.3 is 0 Å². The van der Waals surface area contributed by atoms with Crippen LogP contribution in [0.25, 0.3) is 21.5 Å². The number of nitrogens with zero attached hydrogens (tertiary/aromatic N) is 2. The van der Waals surface area contributed by atoms with E-state index in [0.29, 0.717) is 20.5 Å². The monoisotopic (exact) mass is 402 g/mol. The van der Waals surface area contributed by atoms with E-state index in [9.17, 15) is 13.6 Å². The lowest BCUT2D eigenvalue weighted by Gasteiger charge is -2.00. The summed E-state index contributed by atoms with van der Waals surface area (Å²) in [6.07, 6.45) is 1.63. The highest BCUT2D eigenvalue weighted by Crippen LogP contribution is 2.27. The van der Waals surface area contributed by atoms with Crippen LogP contribution in [-0.4, -0.2) is 26.6 Å². The molecule has 1 amide bonds. The number of thiazole rings is 1. The van der Waals surface area contributed by atoms with Crippen molar-refractivity contribution in [2.45, 2.75) is 5.16 Å². The maximum atomic E-state index is 13.2. The number of anilines is 1. The van der Waals surface area contributed by atoms with Crippen molar-refractivity contribution in [1.29, 1.82) is 0 Å². The van der Waals surface area contributed by atoms with Gasteiger partial charge in [-0.05, 0) is 48.0 Å². The summed E-state index contributed by atoms with van der Waals surface area (Å²) in [6, 6.07) is 10.3. The van der Waals surface area contributed by atoms with Crippen LogP contribution in [-0.2, 0) is 4.79 Å². The minimum Gasteiger partial charge on any atom is -0.333 e. The van der Waals surface area contributed by atoms with Crippen molar-refractivity contribution in [3.63, 3.8) is 0 Å². The Labute approximate surface area is 160 Å². The van der Waals surface area contributed by atoms with E-state index in [0.717, 1.165) is 11.3 Å². The number of thioether (sulfide) groups is 1. The first kappa shape index (κ1) is 17.6. The van der Waals surface area contributed by atoms with Crippen LogP contribution < -0.4 is 5.32 Å². The third kappa shape index (κ3) is 4.15. The third-order valence-corrected chi connectivity index (χ3v) is 5.47. The van der Waals surface area contributed by atoms with Gasteiger partial charge < -0.3 is 10.3 Å². The number of imidazole rings is 1. The zero-order valence-electron chi connectivity index (χ0n) is 13.7. The van der Waals surface area contributed by atoms with Gasteiger partial charge in [0, 0.05) is 0 Å². The number of halogens is 2. The number of carbonyl (C=O) groups excluding carboxylic acids is 1. The van der Waals surface area contributed by atoms with E-state index in [-0.39, 0.29) is 23.3 Å². The van der Waals surface area contributed by atoms with Crippen LogP contribution in [0.15, 0.2) is 53.8 Å². The zero-order valence-corrected chi connectivity index (χ0v) is 15.3. The number of rotatable bonds is 5. The maximum absolute atomic E-state index is 13.2. The van der Waals surface area contributed by atoms with E-state index in [1.54, 1.807) is 24.4 Å². The highest BCUT2D eigenvalue weighted by atomic mass is 32.2. The van der Waals surface area contributed by atoms with E-state index in [1.165, 1.54) is 47.4 Å². The van der Waals surface area contributed by atoms with Gasteiger partial charge in [0.1, 0.15) is 11.6 Å². The van der Waals surface area contributed by atoms with Gasteiger partial charge in [-0.2, -0.15) is 0 Å². The Hall–Kier alpha value is -2.78. The fraction of sp³-hybridized carbons (Fsp3) is 0.0556. The highest BCUT2D eigenvalue weighted by molar-refractivity contribution is 7.99. The van der Waals surface area contributed by atoms with E-state index < -0.39 is 0 Å². The Morgan fingerprint density at radius 1 is 1.15 bits per heavy atom. The summed E-state index contributed by atoms with van der Waals surface area (Å²) in [6.45, 7) is 0. The van der Waals surface area contributed by atoms with Crippen LogP contribution in [0.2, 0.25) is 0 Å². The number of amides is 1. The molecule has 2 N–H and O–H groups in total. The average molecular weight is 402 g/mol. The van der Waals surface area contributed by atoms with Gasteiger partial charge in [0.05, 0.1) is 27.9 Å². The lowest BCUT2D eigenvalue weighted by atomic mass is 10.2. The van der Waals surface area contributed by atoms with Crippen molar-refractivity contribution in [2.24, 2.45) is 0 Å². The normalized spacial score (nSPS) is 11.0. The molecule has 0 unspecified atom stereocenters. The van der Waals surface area contributed by atoms with Crippen molar-refractivity contribution in [2.75, 3.05) is 11.1 Å². The van der Waals surface area contributed by atoms with Gasteiger partial charge in [0.25, 0.3) is 0 Å².